The van der Waals surface area contributed by atoms with Gasteiger partial charge in [-0.15, -0.1) is 0 Å². The molecular weight excluding hydrogens is 502 g/mol. The van der Waals surface area contributed by atoms with Gasteiger partial charge in [0.2, 0.25) is 5.91 Å². The summed E-state index contributed by atoms with van der Waals surface area (Å²) in [5, 5.41) is 3.86. The average molecular weight is 540 g/mol. The number of halogens is 1. The van der Waals surface area contributed by atoms with Gasteiger partial charge in [-0.2, -0.15) is 0 Å². The number of piperidine rings is 1. The smallest absolute Gasteiger partial charge is 0.253 e. The number of ether oxygens (including phenoxy) is 2. The predicted octanol–water partition coefficient (Wildman–Crippen LogP) is 4.71. The third kappa shape index (κ3) is 5.94. The number of aryl methyl sites for hydroxylation is 1. The highest BCUT2D eigenvalue weighted by Gasteiger charge is 2.42. The topological polar surface area (TPSA) is 71.1 Å². The van der Waals surface area contributed by atoms with Crippen molar-refractivity contribution in [3.63, 3.8) is 0 Å². The highest BCUT2D eigenvalue weighted by molar-refractivity contribution is 6.33. The van der Waals surface area contributed by atoms with E-state index in [9.17, 15) is 9.59 Å². The number of hydrogen-bond acceptors (Lipinski definition) is 5. The Kier molecular flexibility index (Phi) is 8.44. The quantitative estimate of drug-likeness (QED) is 0.598. The van der Waals surface area contributed by atoms with Crippen molar-refractivity contribution < 1.29 is 19.1 Å². The summed E-state index contributed by atoms with van der Waals surface area (Å²) in [4.78, 5) is 31.1. The number of rotatable bonds is 2. The Morgan fingerprint density at radius 3 is 2.58 bits per heavy atom. The van der Waals surface area contributed by atoms with Crippen LogP contribution in [-0.4, -0.2) is 68.8 Å². The molecule has 38 heavy (non-hydrogen) atoms. The third-order valence-electron chi connectivity index (χ3n) is 8.22. The first-order valence-corrected chi connectivity index (χ1v) is 14.3. The van der Waals surface area contributed by atoms with Crippen LogP contribution in [-0.2, 0) is 16.0 Å². The fraction of sp³-hybridized carbons (Fsp3) is 0.533. The number of amides is 2. The standard InChI is InChI=1S/C30H38ClN3O4/c1-22-21-38-27-8-3-2-6-23(27)7-4-5-11-30(29(36)32-22)12-14-34(15-13-30)28(35)24-9-10-25(31)26(20-24)33-16-18-37-19-17-33/h2-3,6,8-10,20,22H,4-5,7,11-19,21H2,1H3,(H,32,36)/t22-/m0/s1. The van der Waals surface area contributed by atoms with E-state index < -0.39 is 5.41 Å². The van der Waals surface area contributed by atoms with Crippen LogP contribution in [0.1, 0.15) is 54.9 Å². The van der Waals surface area contributed by atoms with Crippen molar-refractivity contribution in [1.29, 1.82) is 0 Å². The van der Waals surface area contributed by atoms with Crippen LogP contribution in [0.3, 0.4) is 0 Å². The van der Waals surface area contributed by atoms with E-state index in [-0.39, 0.29) is 17.9 Å². The van der Waals surface area contributed by atoms with Crippen LogP contribution in [0.5, 0.6) is 5.75 Å². The van der Waals surface area contributed by atoms with Crippen molar-refractivity contribution in [3.8, 4) is 5.75 Å². The normalized spacial score (nSPS) is 22.5. The molecule has 1 N–H and O–H groups in total. The van der Waals surface area contributed by atoms with E-state index in [0.717, 1.165) is 50.2 Å². The molecule has 0 bridgehead atoms. The molecule has 3 aliphatic rings. The number of nitrogens with one attached hydrogen (secondary N) is 1. The van der Waals surface area contributed by atoms with E-state index in [1.807, 2.05) is 36.1 Å². The van der Waals surface area contributed by atoms with Crippen LogP contribution in [0.4, 0.5) is 5.69 Å². The molecule has 2 aromatic carbocycles. The van der Waals surface area contributed by atoms with E-state index in [0.29, 0.717) is 56.3 Å². The molecule has 5 rings (SSSR count). The molecule has 2 aromatic rings. The van der Waals surface area contributed by atoms with E-state index in [1.165, 1.54) is 5.56 Å². The van der Waals surface area contributed by atoms with Crippen molar-refractivity contribution in [2.75, 3.05) is 50.9 Å². The molecular formula is C30H38ClN3O4. The first-order valence-electron chi connectivity index (χ1n) is 13.9. The van der Waals surface area contributed by atoms with Gasteiger partial charge in [-0.1, -0.05) is 36.2 Å². The van der Waals surface area contributed by atoms with Crippen molar-refractivity contribution in [2.45, 2.75) is 51.5 Å². The molecule has 1 atom stereocenters. The van der Waals surface area contributed by atoms with Gasteiger partial charge in [-0.25, -0.2) is 0 Å². The van der Waals surface area contributed by atoms with Crippen molar-refractivity contribution in [1.82, 2.24) is 10.2 Å². The Morgan fingerprint density at radius 2 is 1.79 bits per heavy atom. The Labute approximate surface area is 230 Å². The van der Waals surface area contributed by atoms with Crippen LogP contribution < -0.4 is 15.0 Å². The Hall–Kier alpha value is -2.77. The maximum absolute atomic E-state index is 13.6. The van der Waals surface area contributed by atoms with Gasteiger partial charge in [-0.05, 0) is 68.9 Å². The lowest BCUT2D eigenvalue weighted by Crippen LogP contribution is -2.52. The monoisotopic (exact) mass is 539 g/mol. The average Bonchev–Trinajstić information content (AvgIpc) is 2.95. The summed E-state index contributed by atoms with van der Waals surface area (Å²) >= 11 is 6.49. The molecule has 0 aliphatic carbocycles. The lowest BCUT2D eigenvalue weighted by Gasteiger charge is -2.41. The fourth-order valence-corrected chi connectivity index (χ4v) is 6.10. The molecule has 0 aromatic heterocycles. The number of hydrogen-bond donors (Lipinski definition) is 1. The van der Waals surface area contributed by atoms with Crippen molar-refractivity contribution in [3.05, 3.63) is 58.6 Å². The Balaban J connectivity index is 1.26. The number of fused-ring (bicyclic) bond motifs is 1. The molecule has 1 spiro atoms. The molecule has 2 saturated heterocycles. The number of morpholine rings is 1. The minimum absolute atomic E-state index is 0.00189. The number of benzene rings is 2. The van der Waals surface area contributed by atoms with Gasteiger partial charge < -0.3 is 24.6 Å². The van der Waals surface area contributed by atoms with E-state index >= 15 is 0 Å². The van der Waals surface area contributed by atoms with Gasteiger partial charge in [0.1, 0.15) is 12.4 Å². The van der Waals surface area contributed by atoms with Crippen molar-refractivity contribution in [2.24, 2.45) is 5.41 Å². The highest BCUT2D eigenvalue weighted by Crippen LogP contribution is 2.38. The summed E-state index contributed by atoms with van der Waals surface area (Å²) in [5.74, 6) is 1.00. The van der Waals surface area contributed by atoms with Crippen molar-refractivity contribution >= 4 is 29.1 Å². The summed E-state index contributed by atoms with van der Waals surface area (Å²) in [5.41, 5.74) is 2.29. The predicted molar refractivity (Wildman–Crippen MR) is 149 cm³/mol. The van der Waals surface area contributed by atoms with Gasteiger partial charge in [0.05, 0.1) is 35.4 Å². The fourth-order valence-electron chi connectivity index (χ4n) is 5.87. The first kappa shape index (κ1) is 26.8. The van der Waals surface area contributed by atoms with Gasteiger partial charge in [0, 0.05) is 31.7 Å². The molecule has 2 amide bonds. The summed E-state index contributed by atoms with van der Waals surface area (Å²) in [7, 11) is 0. The third-order valence-corrected chi connectivity index (χ3v) is 8.54. The summed E-state index contributed by atoms with van der Waals surface area (Å²) < 4.78 is 11.5. The number of para-hydroxylation sites is 1. The van der Waals surface area contributed by atoms with E-state index in [1.54, 1.807) is 6.07 Å². The largest absolute Gasteiger partial charge is 0.491 e. The number of nitrogens with zero attached hydrogens (tertiary/aromatic N) is 2. The lowest BCUT2D eigenvalue weighted by molar-refractivity contribution is -0.135. The summed E-state index contributed by atoms with van der Waals surface area (Å²) in [6, 6.07) is 13.6. The van der Waals surface area contributed by atoms with Crippen LogP contribution >= 0.6 is 11.6 Å². The number of carbonyl (C=O) groups excluding carboxylic acids is 2. The zero-order chi connectivity index (χ0) is 26.5. The van der Waals surface area contributed by atoms with Crippen LogP contribution in [0.2, 0.25) is 5.02 Å². The second kappa shape index (κ2) is 12.0. The lowest BCUT2D eigenvalue weighted by atomic mass is 9.73. The second-order valence-electron chi connectivity index (χ2n) is 10.8. The first-order chi connectivity index (χ1) is 18.4. The van der Waals surface area contributed by atoms with Crippen LogP contribution in [0.25, 0.3) is 0 Å². The Morgan fingerprint density at radius 1 is 1.03 bits per heavy atom. The molecule has 204 valence electrons. The minimum atomic E-state index is -0.456. The maximum Gasteiger partial charge on any atom is 0.253 e. The van der Waals surface area contributed by atoms with Gasteiger partial charge >= 0.3 is 0 Å². The number of anilines is 1. The zero-order valence-corrected chi connectivity index (χ0v) is 23.0. The van der Waals surface area contributed by atoms with Gasteiger partial charge in [0.15, 0.2) is 0 Å². The van der Waals surface area contributed by atoms with Crippen LogP contribution in [0, 0.1) is 5.41 Å². The van der Waals surface area contributed by atoms with Gasteiger partial charge in [0.25, 0.3) is 5.91 Å². The van der Waals surface area contributed by atoms with Gasteiger partial charge in [-0.3, -0.25) is 9.59 Å². The Bertz CT molecular complexity index is 1140. The minimum Gasteiger partial charge on any atom is -0.491 e. The molecule has 0 saturated carbocycles. The molecule has 3 aliphatic heterocycles. The number of likely N-dealkylation sites (tertiary alicyclic amines) is 1. The highest BCUT2D eigenvalue weighted by atomic mass is 35.5. The number of carbonyl (C=O) groups is 2. The molecule has 8 heteroatoms. The summed E-state index contributed by atoms with van der Waals surface area (Å²) in [6.45, 7) is 6.38. The van der Waals surface area contributed by atoms with E-state index in [2.05, 4.69) is 22.3 Å². The van der Waals surface area contributed by atoms with E-state index in [4.69, 9.17) is 21.1 Å². The molecule has 7 nitrogen and oxygen atoms in total. The maximum atomic E-state index is 13.6. The molecule has 0 unspecified atom stereocenters. The summed E-state index contributed by atoms with van der Waals surface area (Å²) in [6.07, 6.45) is 5.07. The molecule has 0 radical (unpaired) electrons. The molecule has 3 heterocycles. The second-order valence-corrected chi connectivity index (χ2v) is 11.2. The van der Waals surface area contributed by atoms with Crippen LogP contribution in [0.15, 0.2) is 42.5 Å². The molecule has 2 fully saturated rings. The zero-order valence-electron chi connectivity index (χ0n) is 22.2. The SMILES string of the molecule is C[C@H]1COc2ccccc2CCCCC2(CCN(C(=O)c3ccc(Cl)c(N4CCOCC4)c3)CC2)C(=O)N1.